The largest absolute Gasteiger partial charge is 0.397 e. The molecule has 1 rings (SSSR count). The third kappa shape index (κ3) is 5.96. The summed E-state index contributed by atoms with van der Waals surface area (Å²) in [7, 11) is -1.46. The van der Waals surface area contributed by atoms with Crippen molar-refractivity contribution in [3.8, 4) is 0 Å². The van der Waals surface area contributed by atoms with Crippen molar-refractivity contribution in [2.45, 2.75) is 32.7 Å². The van der Waals surface area contributed by atoms with Gasteiger partial charge in [-0.15, -0.1) is 0 Å². The van der Waals surface area contributed by atoms with E-state index in [9.17, 15) is 4.39 Å². The van der Waals surface area contributed by atoms with E-state index in [1.54, 1.807) is 0 Å². The maximum absolute atomic E-state index is 12.7. The average Bonchev–Trinajstić information content (AvgIpc) is 2.32. The van der Waals surface area contributed by atoms with Crippen molar-refractivity contribution in [1.82, 2.24) is 0 Å². The predicted molar refractivity (Wildman–Crippen MR) is 69.9 cm³/mol. The number of hydrogen-bond acceptors (Lipinski definition) is 2. The molecule has 0 aliphatic carbocycles. The van der Waals surface area contributed by atoms with Gasteiger partial charge in [-0.2, -0.15) is 0 Å². The molecular weight excluding hydrogens is 235 g/mol. The van der Waals surface area contributed by atoms with Gasteiger partial charge in [0, 0.05) is 13.2 Å². The second kappa shape index (κ2) is 8.39. The fraction of sp³-hybridized carbons (Fsp3) is 0.538. The number of benzene rings is 1. The van der Waals surface area contributed by atoms with Gasteiger partial charge < -0.3 is 8.85 Å². The molecule has 4 heteroatoms. The van der Waals surface area contributed by atoms with E-state index in [-0.39, 0.29) is 5.82 Å². The Bertz CT molecular complexity index is 297. The summed E-state index contributed by atoms with van der Waals surface area (Å²) >= 11 is 0. The lowest BCUT2D eigenvalue weighted by Crippen LogP contribution is -2.22. The Morgan fingerprint density at radius 1 is 1.06 bits per heavy atom. The Kier molecular flexibility index (Phi) is 7.08. The quantitative estimate of drug-likeness (QED) is 0.666. The molecule has 0 aliphatic rings. The highest BCUT2D eigenvalue weighted by molar-refractivity contribution is 6.44. The number of hydrogen-bond donors (Lipinski definition) is 0. The Morgan fingerprint density at radius 2 is 1.65 bits per heavy atom. The molecule has 0 amide bonds. The second-order valence-electron chi connectivity index (χ2n) is 3.86. The first kappa shape index (κ1) is 14.3. The minimum absolute atomic E-state index is 0.176. The van der Waals surface area contributed by atoms with E-state index in [4.69, 9.17) is 8.85 Å². The van der Waals surface area contributed by atoms with Crippen molar-refractivity contribution in [1.29, 1.82) is 0 Å². The molecule has 0 heterocycles. The maximum atomic E-state index is 12.7. The van der Waals surface area contributed by atoms with Crippen LogP contribution in [0.3, 0.4) is 0 Å². The average molecular weight is 256 g/mol. The van der Waals surface area contributed by atoms with Crippen LogP contribution in [0.1, 0.15) is 25.8 Å². The van der Waals surface area contributed by atoms with Gasteiger partial charge in [-0.1, -0.05) is 12.1 Å². The van der Waals surface area contributed by atoms with Gasteiger partial charge in [-0.25, -0.2) is 4.39 Å². The molecule has 17 heavy (non-hydrogen) atoms. The first-order valence-corrected chi connectivity index (χ1v) is 7.99. The standard InChI is InChI=1S/C13H21FO2Si/c1-3-15-17(16-4-2)11-5-6-12-7-9-13(14)10-8-12/h7-10,17H,3-6,11H2,1-2H3. The molecule has 0 spiro atoms. The first-order chi connectivity index (χ1) is 8.26. The van der Waals surface area contributed by atoms with E-state index in [1.165, 1.54) is 17.7 Å². The van der Waals surface area contributed by atoms with Crippen molar-refractivity contribution >= 4 is 9.28 Å². The van der Waals surface area contributed by atoms with Crippen molar-refractivity contribution in [3.63, 3.8) is 0 Å². The highest BCUT2D eigenvalue weighted by Crippen LogP contribution is 2.09. The van der Waals surface area contributed by atoms with Crippen LogP contribution in [0.25, 0.3) is 0 Å². The summed E-state index contributed by atoms with van der Waals surface area (Å²) in [5.41, 5.74) is 1.17. The molecule has 2 nitrogen and oxygen atoms in total. The summed E-state index contributed by atoms with van der Waals surface area (Å²) < 4.78 is 23.9. The molecular formula is C13H21FO2Si. The van der Waals surface area contributed by atoms with Gasteiger partial charge in [-0.3, -0.25) is 0 Å². The van der Waals surface area contributed by atoms with Gasteiger partial charge in [-0.05, 0) is 50.4 Å². The lowest BCUT2D eigenvalue weighted by molar-refractivity contribution is 0.213. The Morgan fingerprint density at radius 3 is 2.18 bits per heavy atom. The fourth-order valence-electron chi connectivity index (χ4n) is 1.71. The van der Waals surface area contributed by atoms with Crippen LogP contribution in [-0.4, -0.2) is 22.5 Å². The van der Waals surface area contributed by atoms with Gasteiger partial charge in [0.05, 0.1) is 0 Å². The lowest BCUT2D eigenvalue weighted by atomic mass is 10.1. The molecule has 1 aromatic carbocycles. The fourth-order valence-corrected chi connectivity index (χ4v) is 3.42. The van der Waals surface area contributed by atoms with Gasteiger partial charge >= 0.3 is 9.28 Å². The molecule has 0 saturated carbocycles. The van der Waals surface area contributed by atoms with Crippen LogP contribution in [0.2, 0.25) is 6.04 Å². The van der Waals surface area contributed by atoms with Gasteiger partial charge in [0.2, 0.25) is 0 Å². The van der Waals surface area contributed by atoms with Crippen LogP contribution in [-0.2, 0) is 15.3 Å². The molecule has 0 fully saturated rings. The Hall–Kier alpha value is -0.713. The lowest BCUT2D eigenvalue weighted by Gasteiger charge is -2.14. The SMILES string of the molecule is CCO[SiH](CCCc1ccc(F)cc1)OCC. The number of rotatable bonds is 8. The monoisotopic (exact) mass is 256 g/mol. The zero-order chi connectivity index (χ0) is 12.5. The van der Waals surface area contributed by atoms with Crippen LogP contribution in [0.15, 0.2) is 24.3 Å². The van der Waals surface area contributed by atoms with Crippen LogP contribution in [0.5, 0.6) is 0 Å². The van der Waals surface area contributed by atoms with Gasteiger partial charge in [0.15, 0.2) is 0 Å². The molecule has 0 aromatic heterocycles. The first-order valence-electron chi connectivity index (χ1n) is 6.24. The third-order valence-corrected chi connectivity index (χ3v) is 4.81. The van der Waals surface area contributed by atoms with E-state index in [2.05, 4.69) is 0 Å². The van der Waals surface area contributed by atoms with E-state index < -0.39 is 9.28 Å². The normalized spacial score (nSPS) is 11.1. The van der Waals surface area contributed by atoms with Gasteiger partial charge in [0.25, 0.3) is 0 Å². The molecule has 1 aromatic rings. The molecule has 0 N–H and O–H groups in total. The number of aryl methyl sites for hydroxylation is 1. The third-order valence-electron chi connectivity index (χ3n) is 2.52. The van der Waals surface area contributed by atoms with Crippen molar-refractivity contribution in [2.75, 3.05) is 13.2 Å². The summed E-state index contributed by atoms with van der Waals surface area (Å²) in [6, 6.07) is 7.71. The zero-order valence-electron chi connectivity index (χ0n) is 10.6. The summed E-state index contributed by atoms with van der Waals surface area (Å²) in [4.78, 5) is 0. The van der Waals surface area contributed by atoms with E-state index >= 15 is 0 Å². The molecule has 0 unspecified atom stereocenters. The summed E-state index contributed by atoms with van der Waals surface area (Å²) in [6.07, 6.45) is 2.01. The molecule has 0 saturated heterocycles. The minimum atomic E-state index is -1.46. The predicted octanol–water partition coefficient (Wildman–Crippen LogP) is 3.05. The van der Waals surface area contributed by atoms with E-state index in [1.807, 2.05) is 26.0 Å². The van der Waals surface area contributed by atoms with Gasteiger partial charge in [0.1, 0.15) is 5.82 Å². The molecule has 0 bridgehead atoms. The molecule has 0 atom stereocenters. The van der Waals surface area contributed by atoms with Crippen LogP contribution in [0, 0.1) is 5.82 Å². The Labute approximate surface area is 105 Å². The van der Waals surface area contributed by atoms with Crippen molar-refractivity contribution in [3.05, 3.63) is 35.6 Å². The van der Waals surface area contributed by atoms with Crippen molar-refractivity contribution < 1.29 is 13.2 Å². The topological polar surface area (TPSA) is 18.5 Å². The number of halogens is 1. The van der Waals surface area contributed by atoms with Crippen LogP contribution in [0.4, 0.5) is 4.39 Å². The second-order valence-corrected chi connectivity index (χ2v) is 5.96. The smallest absolute Gasteiger partial charge is 0.321 e. The molecule has 0 radical (unpaired) electrons. The summed E-state index contributed by atoms with van der Waals surface area (Å²) in [5, 5.41) is 0. The maximum Gasteiger partial charge on any atom is 0.321 e. The van der Waals surface area contributed by atoms with Crippen molar-refractivity contribution in [2.24, 2.45) is 0 Å². The highest BCUT2D eigenvalue weighted by Gasteiger charge is 2.11. The zero-order valence-corrected chi connectivity index (χ0v) is 11.8. The van der Waals surface area contributed by atoms with E-state index in [0.29, 0.717) is 0 Å². The minimum Gasteiger partial charge on any atom is -0.397 e. The molecule has 0 aliphatic heterocycles. The Balaban J connectivity index is 2.27. The summed E-state index contributed by atoms with van der Waals surface area (Å²) in [6.45, 7) is 5.46. The highest BCUT2D eigenvalue weighted by atomic mass is 28.3. The van der Waals surface area contributed by atoms with E-state index in [0.717, 1.165) is 32.1 Å². The van der Waals surface area contributed by atoms with Crippen LogP contribution < -0.4 is 0 Å². The van der Waals surface area contributed by atoms with Crippen LogP contribution >= 0.6 is 0 Å². The summed E-state index contributed by atoms with van der Waals surface area (Å²) in [5.74, 6) is -0.176. The molecule has 96 valence electrons.